The number of benzene rings is 2. The topological polar surface area (TPSA) is 60.2 Å². The lowest BCUT2D eigenvalue weighted by molar-refractivity contribution is 0.0786. The zero-order chi connectivity index (χ0) is 17.8. The zero-order valence-corrected chi connectivity index (χ0v) is 14.4. The van der Waals surface area contributed by atoms with E-state index in [0.29, 0.717) is 24.5 Å². The highest BCUT2D eigenvalue weighted by Crippen LogP contribution is 2.23. The fraction of sp³-hybridized carbons (Fsp3) is 0.250. The van der Waals surface area contributed by atoms with E-state index in [4.69, 9.17) is 4.74 Å². The number of amides is 1. The molecule has 6 heteroatoms. The monoisotopic (exact) mass is 348 g/mol. The van der Waals surface area contributed by atoms with Gasteiger partial charge in [-0.1, -0.05) is 41.6 Å². The highest BCUT2D eigenvalue weighted by atomic mass is 16.5. The van der Waals surface area contributed by atoms with E-state index in [-0.39, 0.29) is 11.9 Å². The van der Waals surface area contributed by atoms with Gasteiger partial charge in [0.2, 0.25) is 0 Å². The molecular formula is C20H20N4O2. The largest absolute Gasteiger partial charge is 0.489 e. The molecule has 0 unspecified atom stereocenters. The van der Waals surface area contributed by atoms with Crippen LogP contribution in [0.15, 0.2) is 67.0 Å². The van der Waals surface area contributed by atoms with E-state index in [9.17, 15) is 4.79 Å². The van der Waals surface area contributed by atoms with Crippen molar-refractivity contribution in [2.45, 2.75) is 19.1 Å². The second-order valence-corrected chi connectivity index (χ2v) is 6.38. The van der Waals surface area contributed by atoms with Gasteiger partial charge in [-0.15, -0.1) is 5.10 Å². The van der Waals surface area contributed by atoms with Crippen molar-refractivity contribution >= 4 is 5.91 Å². The van der Waals surface area contributed by atoms with Crippen LogP contribution >= 0.6 is 0 Å². The fourth-order valence-corrected chi connectivity index (χ4v) is 3.20. The van der Waals surface area contributed by atoms with Crippen molar-refractivity contribution in [1.29, 1.82) is 0 Å². The van der Waals surface area contributed by atoms with Crippen molar-refractivity contribution in [1.82, 2.24) is 19.9 Å². The summed E-state index contributed by atoms with van der Waals surface area (Å²) in [7, 11) is 0. The summed E-state index contributed by atoms with van der Waals surface area (Å²) in [6.45, 7) is 1.85. The second-order valence-electron chi connectivity index (χ2n) is 6.38. The molecule has 0 radical (unpaired) electrons. The number of carbonyl (C=O) groups excluding carboxylic acids is 1. The summed E-state index contributed by atoms with van der Waals surface area (Å²) in [5.41, 5.74) is 1.74. The minimum absolute atomic E-state index is 0.0257. The predicted octanol–water partition coefficient (Wildman–Crippen LogP) is 2.94. The van der Waals surface area contributed by atoms with E-state index in [1.54, 1.807) is 6.20 Å². The molecule has 1 aromatic heterocycles. The maximum Gasteiger partial charge on any atom is 0.254 e. The van der Waals surface area contributed by atoms with Crippen LogP contribution in [0.25, 0.3) is 0 Å². The van der Waals surface area contributed by atoms with Crippen molar-refractivity contribution in [3.05, 3.63) is 78.1 Å². The van der Waals surface area contributed by atoms with Crippen LogP contribution in [0.5, 0.6) is 5.75 Å². The fourth-order valence-electron chi connectivity index (χ4n) is 3.20. The predicted molar refractivity (Wildman–Crippen MR) is 96.8 cm³/mol. The average Bonchev–Trinajstić information content (AvgIpc) is 3.38. The van der Waals surface area contributed by atoms with Gasteiger partial charge in [0.25, 0.3) is 5.91 Å². The molecule has 1 saturated heterocycles. The maximum absolute atomic E-state index is 12.8. The molecule has 1 fully saturated rings. The zero-order valence-electron chi connectivity index (χ0n) is 14.4. The molecule has 2 aromatic carbocycles. The Morgan fingerprint density at radius 3 is 2.85 bits per heavy atom. The van der Waals surface area contributed by atoms with Gasteiger partial charge in [0.15, 0.2) is 0 Å². The highest BCUT2D eigenvalue weighted by molar-refractivity contribution is 5.94. The first kappa shape index (κ1) is 16.3. The van der Waals surface area contributed by atoms with Gasteiger partial charge in [-0.2, -0.15) is 0 Å². The molecule has 132 valence electrons. The summed E-state index contributed by atoms with van der Waals surface area (Å²) in [6.07, 6.45) is 4.40. The Morgan fingerprint density at radius 2 is 2.04 bits per heavy atom. The summed E-state index contributed by atoms with van der Waals surface area (Å²) in [5.74, 6) is 0.726. The summed E-state index contributed by atoms with van der Waals surface area (Å²) in [4.78, 5) is 14.7. The molecule has 6 nitrogen and oxygen atoms in total. The Kier molecular flexibility index (Phi) is 4.64. The highest BCUT2D eigenvalue weighted by Gasteiger charge is 2.28. The second kappa shape index (κ2) is 7.39. The van der Waals surface area contributed by atoms with Gasteiger partial charge in [-0.25, -0.2) is 4.68 Å². The molecule has 3 aromatic rings. The molecule has 0 spiro atoms. The summed E-state index contributed by atoms with van der Waals surface area (Å²) >= 11 is 0. The number of aromatic nitrogens is 3. The Bertz CT molecular complexity index is 865. The summed E-state index contributed by atoms with van der Waals surface area (Å²) in [5, 5.41) is 7.89. The number of hydrogen-bond acceptors (Lipinski definition) is 4. The molecule has 1 atom stereocenters. The van der Waals surface area contributed by atoms with Gasteiger partial charge in [-0.05, 0) is 30.2 Å². The van der Waals surface area contributed by atoms with Gasteiger partial charge in [0, 0.05) is 24.8 Å². The number of hydrogen-bond donors (Lipinski definition) is 0. The number of carbonyl (C=O) groups is 1. The van der Waals surface area contributed by atoms with Crippen LogP contribution in [0, 0.1) is 0 Å². The lowest BCUT2D eigenvalue weighted by Crippen LogP contribution is -2.29. The van der Waals surface area contributed by atoms with E-state index >= 15 is 0 Å². The molecule has 0 aliphatic carbocycles. The SMILES string of the molecule is O=C(c1cccc(OCc2ccccc2)c1)N1CC[C@H](n2ccnn2)C1. The smallest absolute Gasteiger partial charge is 0.254 e. The van der Waals surface area contributed by atoms with Crippen LogP contribution < -0.4 is 4.74 Å². The lowest BCUT2D eigenvalue weighted by atomic mass is 10.2. The van der Waals surface area contributed by atoms with Gasteiger partial charge >= 0.3 is 0 Å². The first-order chi connectivity index (χ1) is 12.8. The molecule has 2 heterocycles. The third kappa shape index (κ3) is 3.59. The number of nitrogens with zero attached hydrogens (tertiary/aromatic N) is 4. The Hall–Kier alpha value is -3.15. The van der Waals surface area contributed by atoms with Gasteiger partial charge in [-0.3, -0.25) is 4.79 Å². The third-order valence-corrected chi connectivity index (χ3v) is 4.60. The third-order valence-electron chi connectivity index (χ3n) is 4.60. The minimum atomic E-state index is 0.0257. The first-order valence-electron chi connectivity index (χ1n) is 8.71. The van der Waals surface area contributed by atoms with E-state index < -0.39 is 0 Å². The van der Waals surface area contributed by atoms with Crippen LogP contribution in [0.1, 0.15) is 28.4 Å². The molecule has 0 N–H and O–H groups in total. The first-order valence-corrected chi connectivity index (χ1v) is 8.71. The van der Waals surface area contributed by atoms with Crippen molar-refractivity contribution in [2.24, 2.45) is 0 Å². The van der Waals surface area contributed by atoms with E-state index in [0.717, 1.165) is 18.5 Å². The van der Waals surface area contributed by atoms with Crippen molar-refractivity contribution in [3.63, 3.8) is 0 Å². The molecule has 4 rings (SSSR count). The quantitative estimate of drug-likeness (QED) is 0.711. The van der Waals surface area contributed by atoms with Crippen molar-refractivity contribution < 1.29 is 9.53 Å². The Labute approximate surface area is 152 Å². The molecule has 1 aliphatic rings. The number of ether oxygens (including phenoxy) is 1. The Morgan fingerprint density at radius 1 is 1.15 bits per heavy atom. The standard InChI is InChI=1S/C20H20N4O2/c25-20(23-11-9-18(14-23)24-12-10-21-22-24)17-7-4-8-19(13-17)26-15-16-5-2-1-3-6-16/h1-8,10,12-13,18H,9,11,14-15H2/t18-/m0/s1. The molecular weight excluding hydrogens is 328 g/mol. The minimum Gasteiger partial charge on any atom is -0.489 e. The van der Waals surface area contributed by atoms with E-state index in [1.165, 1.54) is 0 Å². The van der Waals surface area contributed by atoms with Gasteiger partial charge in [0.1, 0.15) is 12.4 Å². The van der Waals surface area contributed by atoms with E-state index in [1.807, 2.05) is 70.4 Å². The lowest BCUT2D eigenvalue weighted by Gasteiger charge is -2.17. The van der Waals surface area contributed by atoms with Crippen LogP contribution in [0.4, 0.5) is 0 Å². The van der Waals surface area contributed by atoms with Crippen molar-refractivity contribution in [3.8, 4) is 5.75 Å². The van der Waals surface area contributed by atoms with E-state index in [2.05, 4.69) is 10.3 Å². The number of likely N-dealkylation sites (tertiary alicyclic amines) is 1. The van der Waals surface area contributed by atoms with Crippen molar-refractivity contribution in [2.75, 3.05) is 13.1 Å². The number of rotatable bonds is 5. The Balaban J connectivity index is 1.40. The molecule has 1 aliphatic heterocycles. The summed E-state index contributed by atoms with van der Waals surface area (Å²) < 4.78 is 7.66. The van der Waals surface area contributed by atoms with Gasteiger partial charge in [0.05, 0.1) is 12.2 Å². The van der Waals surface area contributed by atoms with Crippen LogP contribution in [-0.2, 0) is 6.61 Å². The molecule has 1 amide bonds. The normalized spacial score (nSPS) is 16.6. The molecule has 0 bridgehead atoms. The van der Waals surface area contributed by atoms with Gasteiger partial charge < -0.3 is 9.64 Å². The molecule has 0 saturated carbocycles. The maximum atomic E-state index is 12.8. The average molecular weight is 348 g/mol. The van der Waals surface area contributed by atoms with Crippen LogP contribution in [0.2, 0.25) is 0 Å². The summed E-state index contributed by atoms with van der Waals surface area (Å²) in [6, 6.07) is 17.6. The van der Waals surface area contributed by atoms with Crippen LogP contribution in [0.3, 0.4) is 0 Å². The molecule has 26 heavy (non-hydrogen) atoms. The van der Waals surface area contributed by atoms with Crippen LogP contribution in [-0.4, -0.2) is 38.9 Å².